The number of amides is 2. The molecule has 2 aliphatic rings. The first kappa shape index (κ1) is 25.8. The lowest BCUT2D eigenvalue weighted by Crippen LogP contribution is -2.62. The monoisotopic (exact) mass is 541 g/mol. The Kier molecular flexibility index (Phi) is 7.18. The molecule has 0 saturated heterocycles. The predicted octanol–water partition coefficient (Wildman–Crippen LogP) is 2.30. The first-order valence-electron chi connectivity index (χ1n) is 10.7. The SMILES string of the molecule is Br.CC(C)N1CC2(CC(CO)C2)n2cc(C(=O)NCc3ccc(F)cc3F)c(=O)c(O)c2C1=O. The summed E-state index contributed by atoms with van der Waals surface area (Å²) in [7, 11) is 0. The van der Waals surface area contributed by atoms with Gasteiger partial charge in [0.25, 0.3) is 11.8 Å². The number of rotatable bonds is 5. The van der Waals surface area contributed by atoms with Gasteiger partial charge in [0, 0.05) is 43.6 Å². The molecular formula is C23H26BrF2N3O5. The first-order valence-corrected chi connectivity index (χ1v) is 10.7. The molecule has 2 amide bonds. The van der Waals surface area contributed by atoms with Crippen molar-refractivity contribution in [2.75, 3.05) is 13.2 Å². The highest BCUT2D eigenvalue weighted by Crippen LogP contribution is 2.48. The summed E-state index contributed by atoms with van der Waals surface area (Å²) in [6, 6.07) is 2.73. The number of nitrogens with zero attached hydrogens (tertiary/aromatic N) is 2. The Morgan fingerprint density at radius 3 is 2.53 bits per heavy atom. The normalized spacial score (nSPS) is 21.2. The van der Waals surface area contributed by atoms with Crippen molar-refractivity contribution in [1.29, 1.82) is 0 Å². The summed E-state index contributed by atoms with van der Waals surface area (Å²) in [6.07, 6.45) is 2.28. The molecule has 8 nitrogen and oxygen atoms in total. The van der Waals surface area contributed by atoms with E-state index < -0.39 is 45.7 Å². The summed E-state index contributed by atoms with van der Waals surface area (Å²) in [6.45, 7) is 3.64. The van der Waals surface area contributed by atoms with Crippen LogP contribution in [0.4, 0.5) is 8.78 Å². The number of hydrogen-bond acceptors (Lipinski definition) is 5. The molecule has 1 aliphatic heterocycles. The van der Waals surface area contributed by atoms with Crippen LogP contribution >= 0.6 is 17.0 Å². The van der Waals surface area contributed by atoms with Gasteiger partial charge >= 0.3 is 0 Å². The zero-order chi connectivity index (χ0) is 24.1. The van der Waals surface area contributed by atoms with Gasteiger partial charge in [-0.25, -0.2) is 8.78 Å². The quantitative estimate of drug-likeness (QED) is 0.537. The average molecular weight is 542 g/mol. The Morgan fingerprint density at radius 1 is 1.26 bits per heavy atom. The second kappa shape index (κ2) is 9.46. The summed E-state index contributed by atoms with van der Waals surface area (Å²) >= 11 is 0. The maximum atomic E-state index is 13.9. The van der Waals surface area contributed by atoms with Crippen molar-refractivity contribution in [3.63, 3.8) is 0 Å². The molecule has 4 rings (SSSR count). The lowest BCUT2D eigenvalue weighted by Gasteiger charge is -2.55. The molecule has 0 radical (unpaired) electrons. The van der Waals surface area contributed by atoms with Crippen molar-refractivity contribution in [2.24, 2.45) is 5.92 Å². The van der Waals surface area contributed by atoms with Gasteiger partial charge < -0.3 is 25.0 Å². The van der Waals surface area contributed by atoms with Gasteiger partial charge in [-0.1, -0.05) is 6.07 Å². The highest BCUT2D eigenvalue weighted by molar-refractivity contribution is 8.93. The van der Waals surface area contributed by atoms with E-state index in [9.17, 15) is 33.4 Å². The molecular weight excluding hydrogens is 516 g/mol. The minimum atomic E-state index is -1.01. The van der Waals surface area contributed by atoms with Crippen LogP contribution in [0.5, 0.6) is 5.75 Å². The third-order valence-corrected chi connectivity index (χ3v) is 6.54. The van der Waals surface area contributed by atoms with Crippen LogP contribution in [0.25, 0.3) is 0 Å². The van der Waals surface area contributed by atoms with Crippen LogP contribution in [-0.2, 0) is 12.1 Å². The van der Waals surface area contributed by atoms with E-state index in [-0.39, 0.29) is 53.4 Å². The van der Waals surface area contributed by atoms with Crippen LogP contribution in [0.1, 0.15) is 53.1 Å². The number of nitrogens with one attached hydrogen (secondary N) is 1. The third-order valence-electron chi connectivity index (χ3n) is 6.54. The highest BCUT2D eigenvalue weighted by atomic mass is 79.9. The van der Waals surface area contributed by atoms with Gasteiger partial charge in [0.2, 0.25) is 5.43 Å². The molecule has 2 heterocycles. The number of aromatic nitrogens is 1. The third kappa shape index (κ3) is 4.22. The van der Waals surface area contributed by atoms with Gasteiger partial charge in [0.05, 0.1) is 5.54 Å². The molecule has 184 valence electrons. The molecule has 1 aromatic carbocycles. The zero-order valence-corrected chi connectivity index (χ0v) is 20.4. The Bertz CT molecular complexity index is 1190. The van der Waals surface area contributed by atoms with E-state index in [0.29, 0.717) is 25.5 Å². The molecule has 0 atom stereocenters. The molecule has 11 heteroatoms. The number of aliphatic hydroxyl groups is 1. The standard InChI is InChI=1S/C23H25F2N3O5.BrH/c1-12(2)27-11-23(6-13(7-23)10-29)28-9-16(19(30)20(31)18(28)22(27)33)21(32)26-8-14-3-4-15(24)5-17(14)25;/h3-5,9,12-13,29,31H,6-8,10-11H2,1-2H3,(H,26,32);1H. The number of hydrogen-bond donors (Lipinski definition) is 3. The number of benzene rings is 1. The topological polar surface area (TPSA) is 112 Å². The molecule has 1 saturated carbocycles. The molecule has 0 unspecified atom stereocenters. The highest BCUT2D eigenvalue weighted by Gasteiger charge is 2.52. The van der Waals surface area contributed by atoms with Crippen LogP contribution < -0.4 is 10.7 Å². The van der Waals surface area contributed by atoms with E-state index >= 15 is 0 Å². The molecule has 1 spiro atoms. The predicted molar refractivity (Wildman–Crippen MR) is 124 cm³/mol. The Morgan fingerprint density at radius 2 is 1.94 bits per heavy atom. The molecule has 1 fully saturated rings. The first-order chi connectivity index (χ1) is 15.6. The van der Waals surface area contributed by atoms with Gasteiger partial charge in [0.15, 0.2) is 11.4 Å². The Hall–Kier alpha value is -2.79. The lowest BCUT2D eigenvalue weighted by molar-refractivity contribution is -0.0211. The van der Waals surface area contributed by atoms with Gasteiger partial charge in [-0.2, -0.15) is 0 Å². The van der Waals surface area contributed by atoms with E-state index in [1.807, 2.05) is 13.8 Å². The van der Waals surface area contributed by atoms with Crippen molar-refractivity contribution in [3.05, 3.63) is 63.1 Å². The molecule has 3 N–H and O–H groups in total. The fourth-order valence-electron chi connectivity index (χ4n) is 4.77. The van der Waals surface area contributed by atoms with Gasteiger partial charge in [0.1, 0.15) is 17.2 Å². The van der Waals surface area contributed by atoms with Crippen LogP contribution in [0.15, 0.2) is 29.2 Å². The summed E-state index contributed by atoms with van der Waals surface area (Å²) in [5.74, 6) is -3.80. The number of halogens is 3. The average Bonchev–Trinajstić information content (AvgIpc) is 2.73. The van der Waals surface area contributed by atoms with Crippen LogP contribution in [0.2, 0.25) is 0 Å². The van der Waals surface area contributed by atoms with E-state index in [2.05, 4.69) is 5.32 Å². The fourth-order valence-corrected chi connectivity index (χ4v) is 4.77. The van der Waals surface area contributed by atoms with Crippen LogP contribution in [0, 0.1) is 17.6 Å². The second-order valence-electron chi connectivity index (χ2n) is 9.07. The smallest absolute Gasteiger partial charge is 0.274 e. The zero-order valence-electron chi connectivity index (χ0n) is 18.7. The van der Waals surface area contributed by atoms with Crippen LogP contribution in [-0.4, -0.2) is 50.7 Å². The number of fused-ring (bicyclic) bond motifs is 2. The largest absolute Gasteiger partial charge is 0.503 e. The van der Waals surface area contributed by atoms with E-state index in [1.165, 1.54) is 16.8 Å². The lowest BCUT2D eigenvalue weighted by atomic mass is 9.66. The van der Waals surface area contributed by atoms with Crippen molar-refractivity contribution >= 4 is 28.8 Å². The van der Waals surface area contributed by atoms with E-state index in [0.717, 1.165) is 6.07 Å². The molecule has 1 aliphatic carbocycles. The number of carbonyl (C=O) groups is 2. The maximum Gasteiger partial charge on any atom is 0.274 e. The maximum absolute atomic E-state index is 13.9. The van der Waals surface area contributed by atoms with Crippen molar-refractivity contribution in [1.82, 2.24) is 14.8 Å². The second-order valence-corrected chi connectivity index (χ2v) is 9.07. The summed E-state index contributed by atoms with van der Waals surface area (Å²) < 4.78 is 28.5. The van der Waals surface area contributed by atoms with E-state index in [4.69, 9.17) is 0 Å². The number of carbonyl (C=O) groups excluding carboxylic acids is 2. The van der Waals surface area contributed by atoms with Crippen molar-refractivity contribution in [2.45, 2.75) is 44.8 Å². The van der Waals surface area contributed by atoms with Crippen molar-refractivity contribution in [3.8, 4) is 5.75 Å². The summed E-state index contributed by atoms with van der Waals surface area (Å²) in [4.78, 5) is 40.2. The van der Waals surface area contributed by atoms with Crippen LogP contribution in [0.3, 0.4) is 0 Å². The Balaban J connectivity index is 0.00000324. The molecule has 2 aromatic rings. The van der Waals surface area contributed by atoms with Gasteiger partial charge in [-0.15, -0.1) is 17.0 Å². The summed E-state index contributed by atoms with van der Waals surface area (Å²) in [5.41, 5.74) is -2.22. The molecule has 1 aromatic heterocycles. The fraction of sp³-hybridized carbons (Fsp3) is 0.435. The number of aromatic hydroxyl groups is 1. The van der Waals surface area contributed by atoms with Gasteiger partial charge in [-0.3, -0.25) is 14.4 Å². The summed E-state index contributed by atoms with van der Waals surface area (Å²) in [5, 5.41) is 22.6. The van der Waals surface area contributed by atoms with E-state index in [1.54, 1.807) is 4.90 Å². The number of pyridine rings is 1. The molecule has 34 heavy (non-hydrogen) atoms. The minimum absolute atomic E-state index is 0. The van der Waals surface area contributed by atoms with Gasteiger partial charge in [-0.05, 0) is 38.7 Å². The Labute approximate surface area is 205 Å². The molecule has 0 bridgehead atoms. The van der Waals surface area contributed by atoms with Crippen molar-refractivity contribution < 1.29 is 28.6 Å². The minimum Gasteiger partial charge on any atom is -0.503 e. The number of aliphatic hydroxyl groups excluding tert-OH is 1.